The van der Waals surface area contributed by atoms with E-state index in [2.05, 4.69) is 22.2 Å². The van der Waals surface area contributed by atoms with Crippen molar-refractivity contribution in [2.75, 3.05) is 11.9 Å². The van der Waals surface area contributed by atoms with Gasteiger partial charge in [-0.15, -0.1) is 0 Å². The number of rotatable bonds is 4. The van der Waals surface area contributed by atoms with E-state index in [4.69, 9.17) is 4.74 Å². The molecule has 2 aliphatic rings. The van der Waals surface area contributed by atoms with Gasteiger partial charge in [-0.1, -0.05) is 6.42 Å². The fraction of sp³-hybridized carbons (Fsp3) is 0.692. The molecule has 92 valence electrons. The van der Waals surface area contributed by atoms with Crippen molar-refractivity contribution in [3.05, 3.63) is 18.6 Å². The zero-order valence-corrected chi connectivity index (χ0v) is 10.2. The number of hydrogen-bond acceptors (Lipinski definition) is 4. The molecule has 4 heteroatoms. The van der Waals surface area contributed by atoms with Gasteiger partial charge in [0.1, 0.15) is 5.82 Å². The van der Waals surface area contributed by atoms with E-state index in [1.54, 1.807) is 18.6 Å². The Bertz CT molecular complexity index is 378. The molecule has 0 radical (unpaired) electrons. The summed E-state index contributed by atoms with van der Waals surface area (Å²) in [4.78, 5) is 8.37. The van der Waals surface area contributed by atoms with E-state index in [-0.39, 0.29) is 0 Å². The van der Waals surface area contributed by atoms with Gasteiger partial charge in [-0.2, -0.15) is 0 Å². The molecule has 4 nitrogen and oxygen atoms in total. The number of nitrogens with zero attached hydrogens (tertiary/aromatic N) is 2. The van der Waals surface area contributed by atoms with Crippen LogP contribution in [-0.2, 0) is 4.74 Å². The van der Waals surface area contributed by atoms with Crippen molar-refractivity contribution in [2.45, 2.75) is 44.8 Å². The first-order valence-electron chi connectivity index (χ1n) is 6.49. The predicted octanol–water partition coefficient (Wildman–Crippen LogP) is 2.24. The Morgan fingerprint density at radius 2 is 2.35 bits per heavy atom. The monoisotopic (exact) mass is 233 g/mol. The summed E-state index contributed by atoms with van der Waals surface area (Å²) < 4.78 is 5.83. The van der Waals surface area contributed by atoms with Gasteiger partial charge in [-0.05, 0) is 26.2 Å². The van der Waals surface area contributed by atoms with Crippen molar-refractivity contribution in [1.82, 2.24) is 9.97 Å². The number of nitrogens with one attached hydrogen (secondary N) is 1. The van der Waals surface area contributed by atoms with E-state index in [1.165, 1.54) is 19.3 Å². The molecule has 1 heterocycles. The Balaban J connectivity index is 1.66. The summed E-state index contributed by atoms with van der Waals surface area (Å²) in [6.45, 7) is 2.90. The molecular formula is C13H19N3O. The van der Waals surface area contributed by atoms with Crippen LogP contribution in [-0.4, -0.2) is 28.7 Å². The van der Waals surface area contributed by atoms with Gasteiger partial charge in [-0.25, -0.2) is 4.98 Å². The second-order valence-electron chi connectivity index (χ2n) is 5.05. The van der Waals surface area contributed by atoms with Crippen LogP contribution >= 0.6 is 0 Å². The van der Waals surface area contributed by atoms with E-state index < -0.39 is 0 Å². The van der Waals surface area contributed by atoms with Gasteiger partial charge in [0.25, 0.3) is 0 Å². The maximum atomic E-state index is 5.83. The number of anilines is 1. The Morgan fingerprint density at radius 1 is 1.47 bits per heavy atom. The Morgan fingerprint density at radius 3 is 2.94 bits per heavy atom. The van der Waals surface area contributed by atoms with Crippen molar-refractivity contribution >= 4 is 5.82 Å². The lowest BCUT2D eigenvalue weighted by molar-refractivity contribution is -0.157. The highest BCUT2D eigenvalue weighted by Crippen LogP contribution is 2.57. The fourth-order valence-corrected chi connectivity index (χ4v) is 3.19. The van der Waals surface area contributed by atoms with Crippen LogP contribution in [0.1, 0.15) is 32.6 Å². The lowest BCUT2D eigenvalue weighted by atomic mass is 9.51. The third kappa shape index (κ3) is 1.71. The van der Waals surface area contributed by atoms with Crippen LogP contribution in [0, 0.1) is 5.41 Å². The molecule has 1 aromatic rings. The van der Waals surface area contributed by atoms with Gasteiger partial charge in [0.2, 0.25) is 0 Å². The molecule has 3 rings (SSSR count). The second kappa shape index (κ2) is 4.26. The van der Waals surface area contributed by atoms with Crippen molar-refractivity contribution in [3.8, 4) is 0 Å². The van der Waals surface area contributed by atoms with Gasteiger partial charge in [-0.3, -0.25) is 4.98 Å². The summed E-state index contributed by atoms with van der Waals surface area (Å²) >= 11 is 0. The lowest BCUT2D eigenvalue weighted by Crippen LogP contribution is -2.64. The van der Waals surface area contributed by atoms with E-state index >= 15 is 0 Å². The van der Waals surface area contributed by atoms with Gasteiger partial charge < -0.3 is 10.1 Å². The minimum absolute atomic E-state index is 0.382. The topological polar surface area (TPSA) is 47.0 Å². The van der Waals surface area contributed by atoms with Crippen LogP contribution < -0.4 is 5.32 Å². The molecule has 17 heavy (non-hydrogen) atoms. The Labute approximate surface area is 102 Å². The SMILES string of the molecule is CCO[C@H]1C[C@@H](Nc2cnccn2)C12CCC2. The van der Waals surface area contributed by atoms with Gasteiger partial charge in [0, 0.05) is 30.5 Å². The van der Waals surface area contributed by atoms with Crippen molar-refractivity contribution in [1.29, 1.82) is 0 Å². The first-order chi connectivity index (χ1) is 8.35. The maximum absolute atomic E-state index is 5.83. The third-order valence-electron chi connectivity index (χ3n) is 4.32. The van der Waals surface area contributed by atoms with Gasteiger partial charge in [0.15, 0.2) is 0 Å². The molecule has 0 amide bonds. The average molecular weight is 233 g/mol. The fourth-order valence-electron chi connectivity index (χ4n) is 3.19. The third-order valence-corrected chi connectivity index (χ3v) is 4.32. The zero-order chi connectivity index (χ0) is 11.7. The highest BCUT2D eigenvalue weighted by molar-refractivity contribution is 5.35. The molecule has 0 saturated heterocycles. The molecule has 2 saturated carbocycles. The average Bonchev–Trinajstić information content (AvgIpc) is 2.27. The first-order valence-corrected chi connectivity index (χ1v) is 6.49. The molecule has 0 bridgehead atoms. The number of aromatic nitrogens is 2. The Kier molecular flexibility index (Phi) is 2.74. The largest absolute Gasteiger partial charge is 0.378 e. The minimum atomic E-state index is 0.382. The van der Waals surface area contributed by atoms with Crippen molar-refractivity contribution in [3.63, 3.8) is 0 Å². The van der Waals surface area contributed by atoms with Crippen LogP contribution in [0.25, 0.3) is 0 Å². The van der Waals surface area contributed by atoms with Crippen LogP contribution in [0.15, 0.2) is 18.6 Å². The van der Waals surface area contributed by atoms with Crippen LogP contribution in [0.3, 0.4) is 0 Å². The summed E-state index contributed by atoms with van der Waals surface area (Å²) in [5.41, 5.74) is 0.382. The first kappa shape index (κ1) is 11.0. The van der Waals surface area contributed by atoms with Gasteiger partial charge >= 0.3 is 0 Å². The quantitative estimate of drug-likeness (QED) is 0.866. The van der Waals surface area contributed by atoms with Crippen molar-refractivity contribution in [2.24, 2.45) is 5.41 Å². The van der Waals surface area contributed by atoms with E-state index in [0.29, 0.717) is 17.6 Å². The lowest BCUT2D eigenvalue weighted by Gasteiger charge is -2.61. The van der Waals surface area contributed by atoms with E-state index in [1.807, 2.05) is 0 Å². The maximum Gasteiger partial charge on any atom is 0.144 e. The molecule has 0 aliphatic heterocycles. The smallest absolute Gasteiger partial charge is 0.144 e. The summed E-state index contributed by atoms with van der Waals surface area (Å²) in [5.74, 6) is 0.888. The van der Waals surface area contributed by atoms with Crippen LogP contribution in [0.5, 0.6) is 0 Å². The summed E-state index contributed by atoms with van der Waals surface area (Å²) in [6.07, 6.45) is 10.7. The molecular weight excluding hydrogens is 214 g/mol. The highest BCUT2D eigenvalue weighted by Gasteiger charge is 2.58. The van der Waals surface area contributed by atoms with Crippen molar-refractivity contribution < 1.29 is 4.74 Å². The zero-order valence-electron chi connectivity index (χ0n) is 10.2. The molecule has 0 aromatic carbocycles. The van der Waals surface area contributed by atoms with E-state index in [0.717, 1.165) is 18.8 Å². The summed E-state index contributed by atoms with van der Waals surface area (Å²) in [6, 6.07) is 0.518. The molecule has 0 unspecified atom stereocenters. The van der Waals surface area contributed by atoms with Crippen LogP contribution in [0.4, 0.5) is 5.82 Å². The molecule has 2 aliphatic carbocycles. The molecule has 1 N–H and O–H groups in total. The summed E-state index contributed by atoms with van der Waals surface area (Å²) in [5, 5.41) is 3.51. The summed E-state index contributed by atoms with van der Waals surface area (Å²) in [7, 11) is 0. The van der Waals surface area contributed by atoms with Gasteiger partial charge in [0.05, 0.1) is 12.3 Å². The highest BCUT2D eigenvalue weighted by atomic mass is 16.5. The number of hydrogen-bond donors (Lipinski definition) is 1. The second-order valence-corrected chi connectivity index (χ2v) is 5.05. The number of ether oxygens (including phenoxy) is 1. The standard InChI is InChI=1S/C13H19N3O/c1-2-17-11-8-10(13(11)4-3-5-13)16-12-9-14-6-7-15-12/h6-7,9-11H,2-5,8H2,1H3,(H,15,16)/t10-,11+/m1/s1. The minimum Gasteiger partial charge on any atom is -0.378 e. The molecule has 2 atom stereocenters. The predicted molar refractivity (Wildman–Crippen MR) is 65.8 cm³/mol. The normalized spacial score (nSPS) is 29.5. The molecule has 2 fully saturated rings. The van der Waals surface area contributed by atoms with E-state index in [9.17, 15) is 0 Å². The van der Waals surface area contributed by atoms with Crippen LogP contribution in [0.2, 0.25) is 0 Å². The Hall–Kier alpha value is -1.16. The molecule has 1 aromatic heterocycles. The molecule has 1 spiro atoms.